The second kappa shape index (κ2) is 13.1. The number of aliphatic hydroxyl groups is 1. The number of fused-ring (bicyclic) bond motifs is 1. The molecule has 3 aromatic carbocycles. The van der Waals surface area contributed by atoms with Gasteiger partial charge in [-0.15, -0.1) is 0 Å². The van der Waals surface area contributed by atoms with Crippen molar-refractivity contribution in [3.63, 3.8) is 0 Å². The Bertz CT molecular complexity index is 1670. The van der Waals surface area contributed by atoms with Gasteiger partial charge >= 0.3 is 0 Å². The molecule has 43 heavy (non-hydrogen) atoms. The number of anilines is 1. The third-order valence-corrected chi connectivity index (χ3v) is 10.7. The largest absolute Gasteiger partial charge is 0.497 e. The number of hydrogen-bond donors (Lipinski definition) is 2. The second-order valence-corrected chi connectivity index (χ2v) is 14.5. The molecule has 1 aliphatic heterocycles. The normalized spacial score (nSPS) is 18.3. The predicted molar refractivity (Wildman–Crippen MR) is 163 cm³/mol. The maximum absolute atomic E-state index is 13.7. The number of sulfonamides is 2. The number of nitrogens with one attached hydrogen (secondary N) is 1. The minimum absolute atomic E-state index is 0.00280. The summed E-state index contributed by atoms with van der Waals surface area (Å²) >= 11 is 5.93. The highest BCUT2D eigenvalue weighted by atomic mass is 35.5. The molecule has 1 aliphatic rings. The van der Waals surface area contributed by atoms with Gasteiger partial charge in [0.25, 0.3) is 15.9 Å². The van der Waals surface area contributed by atoms with Gasteiger partial charge in [-0.2, -0.15) is 4.31 Å². The quantitative estimate of drug-likeness (QED) is 0.338. The van der Waals surface area contributed by atoms with E-state index in [1.54, 1.807) is 6.92 Å². The van der Waals surface area contributed by atoms with Crippen molar-refractivity contribution in [2.75, 3.05) is 38.6 Å². The van der Waals surface area contributed by atoms with Crippen molar-refractivity contribution in [1.82, 2.24) is 9.21 Å². The lowest BCUT2D eigenvalue weighted by molar-refractivity contribution is 0.0387. The first-order valence-corrected chi connectivity index (χ1v) is 16.7. The first kappa shape index (κ1) is 32.6. The van der Waals surface area contributed by atoms with Gasteiger partial charge in [0.1, 0.15) is 17.6 Å². The van der Waals surface area contributed by atoms with E-state index in [9.17, 15) is 26.7 Å². The summed E-state index contributed by atoms with van der Waals surface area (Å²) in [6, 6.07) is 15.4. The summed E-state index contributed by atoms with van der Waals surface area (Å²) in [4.78, 5) is 15.3. The number of halogens is 1. The van der Waals surface area contributed by atoms with Gasteiger partial charge in [0.15, 0.2) is 0 Å². The van der Waals surface area contributed by atoms with Crippen molar-refractivity contribution in [3.8, 4) is 11.5 Å². The van der Waals surface area contributed by atoms with Crippen molar-refractivity contribution in [3.05, 3.63) is 77.3 Å². The highest BCUT2D eigenvalue weighted by molar-refractivity contribution is 7.92. The van der Waals surface area contributed by atoms with E-state index in [1.807, 2.05) is 6.92 Å². The number of aliphatic hydroxyl groups excluding tert-OH is 1. The molecule has 0 unspecified atom stereocenters. The van der Waals surface area contributed by atoms with E-state index in [0.717, 1.165) is 0 Å². The average Bonchev–Trinajstić information content (AvgIpc) is 2.98. The molecule has 11 nitrogen and oxygen atoms in total. The summed E-state index contributed by atoms with van der Waals surface area (Å²) in [5, 5.41) is 10.3. The van der Waals surface area contributed by atoms with Crippen LogP contribution in [-0.2, 0) is 20.0 Å². The zero-order chi connectivity index (χ0) is 31.5. The Morgan fingerprint density at radius 1 is 1.07 bits per heavy atom. The smallest absolute Gasteiger partial charge is 0.261 e. The Hall–Kier alpha value is -3.36. The molecule has 4 rings (SSSR count). The topological polar surface area (TPSA) is 143 Å². The van der Waals surface area contributed by atoms with Crippen molar-refractivity contribution < 1.29 is 36.2 Å². The maximum atomic E-state index is 13.7. The van der Waals surface area contributed by atoms with E-state index < -0.39 is 38.1 Å². The molecule has 0 aliphatic carbocycles. The molecule has 232 valence electrons. The van der Waals surface area contributed by atoms with Gasteiger partial charge < -0.3 is 19.5 Å². The van der Waals surface area contributed by atoms with Gasteiger partial charge in [0, 0.05) is 30.2 Å². The van der Waals surface area contributed by atoms with Crippen molar-refractivity contribution in [2.45, 2.75) is 35.8 Å². The SMILES string of the molecule is COc1ccc(S(=O)(=O)Nc2ccc3c(c2)C(=O)N([C@H](C)CO)C[C@H](C)[C@@H](CN(C)S(=O)(=O)c2ccc(Cl)cc2)O3)cc1. The highest BCUT2D eigenvalue weighted by Crippen LogP contribution is 2.32. The van der Waals surface area contributed by atoms with Crippen molar-refractivity contribution >= 4 is 43.2 Å². The van der Waals surface area contributed by atoms with Crippen LogP contribution in [0.25, 0.3) is 0 Å². The van der Waals surface area contributed by atoms with Crippen molar-refractivity contribution in [2.24, 2.45) is 5.92 Å². The lowest BCUT2D eigenvalue weighted by Gasteiger charge is -2.38. The molecular weight excluding hydrogens is 618 g/mol. The molecule has 3 atom stereocenters. The lowest BCUT2D eigenvalue weighted by atomic mass is 9.99. The molecule has 2 N–H and O–H groups in total. The van der Waals surface area contributed by atoms with Crippen LogP contribution in [0.3, 0.4) is 0 Å². The van der Waals surface area contributed by atoms with E-state index in [4.69, 9.17) is 21.1 Å². The summed E-state index contributed by atoms with van der Waals surface area (Å²) < 4.78 is 67.7. The average molecular weight is 652 g/mol. The molecule has 1 heterocycles. The number of carbonyl (C=O) groups is 1. The number of methoxy groups -OCH3 is 1. The van der Waals surface area contributed by atoms with Gasteiger partial charge in [-0.3, -0.25) is 9.52 Å². The first-order chi connectivity index (χ1) is 20.3. The van der Waals surface area contributed by atoms with E-state index in [2.05, 4.69) is 4.72 Å². The molecular formula is C29H34ClN3O8S2. The number of benzene rings is 3. The number of hydrogen-bond acceptors (Lipinski definition) is 8. The van der Waals surface area contributed by atoms with Crippen LogP contribution >= 0.6 is 11.6 Å². The molecule has 14 heteroatoms. The summed E-state index contributed by atoms with van der Waals surface area (Å²) in [6.45, 7) is 3.32. The molecule has 0 saturated heterocycles. The third kappa shape index (κ3) is 7.24. The third-order valence-electron chi connectivity index (χ3n) is 7.25. The number of likely N-dealkylation sites (N-methyl/N-ethyl adjacent to an activating group) is 1. The molecule has 0 saturated carbocycles. The predicted octanol–water partition coefficient (Wildman–Crippen LogP) is 3.69. The number of rotatable bonds is 10. The van der Waals surface area contributed by atoms with Gasteiger partial charge in [-0.25, -0.2) is 16.8 Å². The summed E-state index contributed by atoms with van der Waals surface area (Å²) in [6.07, 6.45) is -0.700. The van der Waals surface area contributed by atoms with E-state index in [-0.39, 0.29) is 52.4 Å². The highest BCUT2D eigenvalue weighted by Gasteiger charge is 2.35. The molecule has 0 aromatic heterocycles. The summed E-state index contributed by atoms with van der Waals surface area (Å²) in [5.41, 5.74) is 0.186. The zero-order valence-electron chi connectivity index (χ0n) is 24.1. The Morgan fingerprint density at radius 2 is 1.70 bits per heavy atom. The van der Waals surface area contributed by atoms with E-state index in [1.165, 1.54) is 90.1 Å². The Balaban J connectivity index is 1.67. The van der Waals surface area contributed by atoms with Gasteiger partial charge in [-0.1, -0.05) is 18.5 Å². The van der Waals surface area contributed by atoms with Gasteiger partial charge in [-0.05, 0) is 73.7 Å². The van der Waals surface area contributed by atoms with Gasteiger partial charge in [0.2, 0.25) is 10.0 Å². The molecule has 1 amide bonds. The molecule has 0 bridgehead atoms. The van der Waals surface area contributed by atoms with Gasteiger partial charge in [0.05, 0.1) is 41.7 Å². The second-order valence-electron chi connectivity index (χ2n) is 10.4. The molecule has 0 fully saturated rings. The van der Waals surface area contributed by atoms with Crippen LogP contribution in [0.15, 0.2) is 76.5 Å². The Labute approximate surface area is 257 Å². The number of carbonyl (C=O) groups excluding carboxylic acids is 1. The Morgan fingerprint density at radius 3 is 2.30 bits per heavy atom. The van der Waals surface area contributed by atoms with Crippen molar-refractivity contribution in [1.29, 1.82) is 0 Å². The number of ether oxygens (including phenoxy) is 2. The lowest BCUT2D eigenvalue weighted by Crippen LogP contribution is -2.50. The zero-order valence-corrected chi connectivity index (χ0v) is 26.5. The standard InChI is InChI=1S/C29H34ClN3O8S2/c1-19-16-33(20(2)18-34)29(35)26-15-22(31-42(36,37)24-12-8-23(40-4)9-13-24)7-14-27(26)41-28(19)17-32(3)43(38,39)25-10-5-21(30)6-11-25/h5-15,19-20,28,31,34H,16-18H2,1-4H3/t19-,20+,28+/m0/s1. The molecule has 3 aromatic rings. The fraction of sp³-hybridized carbons (Fsp3) is 0.345. The van der Waals surface area contributed by atoms with Crippen LogP contribution in [0, 0.1) is 5.92 Å². The van der Waals surface area contributed by atoms with Crippen LogP contribution in [-0.4, -0.2) is 83.1 Å². The first-order valence-electron chi connectivity index (χ1n) is 13.4. The van der Waals surface area contributed by atoms with Crippen LogP contribution in [0.5, 0.6) is 11.5 Å². The van der Waals surface area contributed by atoms with E-state index in [0.29, 0.717) is 10.8 Å². The van der Waals surface area contributed by atoms with Crippen LogP contribution in [0.4, 0.5) is 5.69 Å². The monoisotopic (exact) mass is 651 g/mol. The molecule has 0 spiro atoms. The molecule has 0 radical (unpaired) electrons. The number of nitrogens with zero attached hydrogens (tertiary/aromatic N) is 2. The summed E-state index contributed by atoms with van der Waals surface area (Å²) in [7, 11) is -4.98. The maximum Gasteiger partial charge on any atom is 0.261 e. The van der Waals surface area contributed by atoms with Crippen LogP contribution < -0.4 is 14.2 Å². The van der Waals surface area contributed by atoms with Crippen LogP contribution in [0.1, 0.15) is 24.2 Å². The number of amides is 1. The minimum Gasteiger partial charge on any atom is -0.497 e. The minimum atomic E-state index is -4.01. The van der Waals surface area contributed by atoms with E-state index >= 15 is 0 Å². The fourth-order valence-corrected chi connectivity index (χ4v) is 6.97. The summed E-state index contributed by atoms with van der Waals surface area (Å²) in [5.74, 6) is -0.158. The Kier molecular flexibility index (Phi) is 9.92. The van der Waals surface area contributed by atoms with Crippen LogP contribution in [0.2, 0.25) is 5.02 Å². The fourth-order valence-electron chi connectivity index (χ4n) is 4.61.